The van der Waals surface area contributed by atoms with Crippen molar-refractivity contribution in [2.75, 3.05) is 26.3 Å². The fraction of sp³-hybridized carbons (Fsp3) is 1.00. The van der Waals surface area contributed by atoms with Crippen molar-refractivity contribution in [2.24, 2.45) is 5.92 Å². The molecule has 1 fully saturated rings. The molecule has 2 N–H and O–H groups in total. The predicted octanol–water partition coefficient (Wildman–Crippen LogP) is 0.383. The summed E-state index contributed by atoms with van der Waals surface area (Å²) in [5.41, 5.74) is 0. The first-order chi connectivity index (χ1) is 5.79. The number of hydrogen-bond donors (Lipinski definition) is 2. The van der Waals surface area contributed by atoms with E-state index in [4.69, 9.17) is 9.84 Å². The molecule has 0 aromatic carbocycles. The molecule has 3 nitrogen and oxygen atoms in total. The van der Waals surface area contributed by atoms with E-state index in [2.05, 4.69) is 5.32 Å². The summed E-state index contributed by atoms with van der Waals surface area (Å²) in [6, 6.07) is 0. The van der Waals surface area contributed by atoms with E-state index in [9.17, 15) is 0 Å². The van der Waals surface area contributed by atoms with Crippen LogP contribution in [0.3, 0.4) is 0 Å². The van der Waals surface area contributed by atoms with Crippen molar-refractivity contribution >= 4 is 0 Å². The Morgan fingerprint density at radius 2 is 2.50 bits per heavy atom. The van der Waals surface area contributed by atoms with Gasteiger partial charge in [0.05, 0.1) is 12.7 Å². The average Bonchev–Trinajstić information content (AvgIpc) is 2.49. The SMILES string of the molecule is CC(O)CCNCC1CCOC1. The highest BCUT2D eigenvalue weighted by atomic mass is 16.5. The van der Waals surface area contributed by atoms with Gasteiger partial charge in [-0.15, -0.1) is 0 Å². The molecule has 2 atom stereocenters. The van der Waals surface area contributed by atoms with Gasteiger partial charge in [-0.05, 0) is 32.2 Å². The lowest BCUT2D eigenvalue weighted by molar-refractivity contribution is 0.178. The second-order valence-corrected chi connectivity index (χ2v) is 3.57. The second kappa shape index (κ2) is 5.51. The molecule has 0 aromatic rings. The lowest BCUT2D eigenvalue weighted by Crippen LogP contribution is -2.25. The van der Waals surface area contributed by atoms with Crippen LogP contribution in [0.5, 0.6) is 0 Å². The Hall–Kier alpha value is -0.120. The van der Waals surface area contributed by atoms with Crippen molar-refractivity contribution in [3.63, 3.8) is 0 Å². The molecule has 0 spiro atoms. The largest absolute Gasteiger partial charge is 0.393 e. The number of aliphatic hydroxyl groups excluding tert-OH is 1. The summed E-state index contributed by atoms with van der Waals surface area (Å²) in [6.07, 6.45) is 1.84. The zero-order valence-electron chi connectivity index (χ0n) is 7.75. The molecule has 0 amide bonds. The molecule has 1 rings (SSSR count). The molecular formula is C9H19NO2. The van der Waals surface area contributed by atoms with Crippen molar-refractivity contribution in [1.29, 1.82) is 0 Å². The van der Waals surface area contributed by atoms with Crippen molar-refractivity contribution < 1.29 is 9.84 Å². The molecule has 1 saturated heterocycles. The molecule has 12 heavy (non-hydrogen) atoms. The molecule has 1 aliphatic rings. The maximum Gasteiger partial charge on any atom is 0.0524 e. The van der Waals surface area contributed by atoms with Gasteiger partial charge in [-0.2, -0.15) is 0 Å². The summed E-state index contributed by atoms with van der Waals surface area (Å²) in [6.45, 7) is 5.59. The molecule has 2 unspecified atom stereocenters. The molecule has 0 aliphatic carbocycles. The Morgan fingerprint density at radius 3 is 3.08 bits per heavy atom. The first kappa shape index (κ1) is 9.96. The minimum Gasteiger partial charge on any atom is -0.393 e. The zero-order chi connectivity index (χ0) is 8.81. The number of ether oxygens (including phenoxy) is 1. The fourth-order valence-electron chi connectivity index (χ4n) is 1.36. The van der Waals surface area contributed by atoms with Crippen LogP contribution in [-0.2, 0) is 4.74 Å². The Morgan fingerprint density at radius 1 is 1.67 bits per heavy atom. The Kier molecular flexibility index (Phi) is 4.58. The summed E-state index contributed by atoms with van der Waals surface area (Å²) < 4.78 is 5.25. The monoisotopic (exact) mass is 173 g/mol. The predicted molar refractivity (Wildman–Crippen MR) is 48.1 cm³/mol. The summed E-state index contributed by atoms with van der Waals surface area (Å²) >= 11 is 0. The van der Waals surface area contributed by atoms with Gasteiger partial charge in [0.1, 0.15) is 0 Å². The van der Waals surface area contributed by atoms with Crippen LogP contribution in [0.15, 0.2) is 0 Å². The van der Waals surface area contributed by atoms with Crippen LogP contribution in [0.2, 0.25) is 0 Å². The molecule has 3 heteroatoms. The van der Waals surface area contributed by atoms with Gasteiger partial charge >= 0.3 is 0 Å². The van der Waals surface area contributed by atoms with Gasteiger partial charge in [0.25, 0.3) is 0 Å². The van der Waals surface area contributed by atoms with Crippen molar-refractivity contribution in [1.82, 2.24) is 5.32 Å². The van der Waals surface area contributed by atoms with Crippen LogP contribution < -0.4 is 5.32 Å². The van der Waals surface area contributed by atoms with E-state index < -0.39 is 0 Å². The van der Waals surface area contributed by atoms with Crippen LogP contribution >= 0.6 is 0 Å². The van der Waals surface area contributed by atoms with E-state index in [0.29, 0.717) is 5.92 Å². The van der Waals surface area contributed by atoms with E-state index in [1.165, 1.54) is 6.42 Å². The first-order valence-electron chi connectivity index (χ1n) is 4.75. The Balaban J connectivity index is 1.88. The smallest absolute Gasteiger partial charge is 0.0524 e. The summed E-state index contributed by atoms with van der Waals surface area (Å²) in [7, 11) is 0. The van der Waals surface area contributed by atoms with Crippen molar-refractivity contribution in [3.8, 4) is 0 Å². The fourth-order valence-corrected chi connectivity index (χ4v) is 1.36. The molecule has 0 radical (unpaired) electrons. The average molecular weight is 173 g/mol. The van der Waals surface area contributed by atoms with E-state index in [0.717, 1.165) is 32.7 Å². The van der Waals surface area contributed by atoms with Crippen LogP contribution in [0, 0.1) is 5.92 Å². The molecule has 0 saturated carbocycles. The van der Waals surface area contributed by atoms with Gasteiger partial charge in [0.15, 0.2) is 0 Å². The molecule has 72 valence electrons. The Labute approximate surface area is 74.1 Å². The van der Waals surface area contributed by atoms with Gasteiger partial charge in [-0.25, -0.2) is 0 Å². The minimum absolute atomic E-state index is 0.183. The van der Waals surface area contributed by atoms with Crippen LogP contribution in [0.4, 0.5) is 0 Å². The summed E-state index contributed by atoms with van der Waals surface area (Å²) in [4.78, 5) is 0. The Bertz CT molecular complexity index is 111. The lowest BCUT2D eigenvalue weighted by Gasteiger charge is -2.09. The molecular weight excluding hydrogens is 154 g/mol. The highest BCUT2D eigenvalue weighted by Gasteiger charge is 2.14. The van der Waals surface area contributed by atoms with Gasteiger partial charge in [-0.1, -0.05) is 0 Å². The highest BCUT2D eigenvalue weighted by molar-refractivity contribution is 4.66. The maximum absolute atomic E-state index is 8.98. The molecule has 0 aromatic heterocycles. The van der Waals surface area contributed by atoms with E-state index in [1.54, 1.807) is 0 Å². The number of nitrogens with one attached hydrogen (secondary N) is 1. The third-order valence-electron chi connectivity index (χ3n) is 2.20. The first-order valence-corrected chi connectivity index (χ1v) is 4.75. The normalized spacial score (nSPS) is 26.0. The summed E-state index contributed by atoms with van der Waals surface area (Å²) in [5.74, 6) is 0.694. The third-order valence-corrected chi connectivity index (χ3v) is 2.20. The maximum atomic E-state index is 8.98. The van der Waals surface area contributed by atoms with E-state index in [-0.39, 0.29) is 6.10 Å². The molecule has 1 aliphatic heterocycles. The van der Waals surface area contributed by atoms with E-state index in [1.807, 2.05) is 6.92 Å². The highest BCUT2D eigenvalue weighted by Crippen LogP contribution is 2.10. The van der Waals surface area contributed by atoms with E-state index >= 15 is 0 Å². The van der Waals surface area contributed by atoms with Gasteiger partial charge in [0.2, 0.25) is 0 Å². The lowest BCUT2D eigenvalue weighted by atomic mass is 10.1. The quantitative estimate of drug-likeness (QED) is 0.591. The standard InChI is InChI=1S/C9H19NO2/c1-8(11)2-4-10-6-9-3-5-12-7-9/h8-11H,2-7H2,1H3. The zero-order valence-corrected chi connectivity index (χ0v) is 7.75. The van der Waals surface area contributed by atoms with Crippen molar-refractivity contribution in [2.45, 2.75) is 25.9 Å². The number of hydrogen-bond acceptors (Lipinski definition) is 3. The van der Waals surface area contributed by atoms with Crippen molar-refractivity contribution in [3.05, 3.63) is 0 Å². The van der Waals surface area contributed by atoms with Gasteiger partial charge in [-0.3, -0.25) is 0 Å². The number of rotatable bonds is 5. The number of aliphatic hydroxyl groups is 1. The van der Waals surface area contributed by atoms with Gasteiger partial charge in [0, 0.05) is 13.2 Å². The van der Waals surface area contributed by atoms with Crippen LogP contribution in [0.25, 0.3) is 0 Å². The van der Waals surface area contributed by atoms with Gasteiger partial charge < -0.3 is 15.2 Å². The van der Waals surface area contributed by atoms with Crippen LogP contribution in [0.1, 0.15) is 19.8 Å². The topological polar surface area (TPSA) is 41.5 Å². The minimum atomic E-state index is -0.183. The summed E-state index contributed by atoms with van der Waals surface area (Å²) in [5, 5.41) is 12.3. The third kappa shape index (κ3) is 4.04. The molecule has 0 bridgehead atoms. The molecule has 1 heterocycles. The second-order valence-electron chi connectivity index (χ2n) is 3.57. The van der Waals surface area contributed by atoms with Crippen LogP contribution in [-0.4, -0.2) is 37.5 Å².